The zero-order valence-electron chi connectivity index (χ0n) is 13.5. The second-order valence-electron chi connectivity index (χ2n) is 6.27. The van der Waals surface area contributed by atoms with Gasteiger partial charge in [0, 0.05) is 36.4 Å². The molecule has 1 saturated heterocycles. The number of carbonyl (C=O) groups excluding carboxylic acids is 1. The third-order valence-corrected chi connectivity index (χ3v) is 4.97. The maximum Gasteiger partial charge on any atom is 0.330 e. The topological polar surface area (TPSA) is 88.6 Å². The van der Waals surface area contributed by atoms with Crippen LogP contribution in [0.4, 0.5) is 0 Å². The van der Waals surface area contributed by atoms with Crippen molar-refractivity contribution in [2.75, 3.05) is 13.1 Å². The number of rotatable bonds is 3. The number of benzene rings is 1. The van der Waals surface area contributed by atoms with Crippen molar-refractivity contribution in [2.45, 2.75) is 18.4 Å². The molecule has 1 aliphatic rings. The molecular weight excluding hydrogens is 322 g/mol. The summed E-state index contributed by atoms with van der Waals surface area (Å²) in [5, 5.41) is 10.6. The molecule has 7 nitrogen and oxygen atoms in total. The van der Waals surface area contributed by atoms with Crippen molar-refractivity contribution in [1.29, 1.82) is 0 Å². The zero-order chi connectivity index (χ0) is 17.4. The summed E-state index contributed by atoms with van der Waals surface area (Å²) in [6, 6.07) is 7.13. The van der Waals surface area contributed by atoms with Gasteiger partial charge in [-0.1, -0.05) is 0 Å². The number of nitrogens with zero attached hydrogens (tertiary/aromatic N) is 3. The third-order valence-electron chi connectivity index (χ3n) is 4.97. The average Bonchev–Trinajstić information content (AvgIpc) is 3.32. The highest BCUT2D eigenvalue weighted by molar-refractivity contribution is 5.98. The Bertz CT molecular complexity index is 921. The minimum atomic E-state index is -1.04. The third kappa shape index (κ3) is 2.48. The number of fused-ring (bicyclic) bond motifs is 1. The Morgan fingerprint density at radius 3 is 2.68 bits per heavy atom. The van der Waals surface area contributed by atoms with Crippen LogP contribution in [0.3, 0.4) is 0 Å². The van der Waals surface area contributed by atoms with E-state index < -0.39 is 11.5 Å². The molecule has 2 aromatic heterocycles. The van der Waals surface area contributed by atoms with Crippen molar-refractivity contribution in [3.05, 3.63) is 54.8 Å². The standard InChI is InChI=1S/C18H17N3O4/c22-16(14-1-2-15-13(11-14)3-10-25-15)20-7-4-18(5-8-20,17(23)24)21-9-6-19-12-21/h1-3,6,9-12H,4-5,7-8H2,(H,23,24). The molecule has 1 N–H and O–H groups in total. The average molecular weight is 339 g/mol. The molecule has 1 amide bonds. The van der Waals surface area contributed by atoms with Gasteiger partial charge in [0.2, 0.25) is 0 Å². The number of aliphatic carboxylic acids is 1. The Hall–Kier alpha value is -3.09. The summed E-state index contributed by atoms with van der Waals surface area (Å²) in [6.45, 7) is 0.763. The molecular formula is C18H17N3O4. The Labute approximate surface area is 143 Å². The van der Waals surface area contributed by atoms with Crippen LogP contribution in [0, 0.1) is 0 Å². The van der Waals surface area contributed by atoms with Gasteiger partial charge in [-0.2, -0.15) is 0 Å². The largest absolute Gasteiger partial charge is 0.479 e. The number of hydrogen-bond donors (Lipinski definition) is 1. The molecule has 0 saturated carbocycles. The minimum absolute atomic E-state index is 0.0901. The fourth-order valence-electron chi connectivity index (χ4n) is 3.46. The minimum Gasteiger partial charge on any atom is -0.479 e. The van der Waals surface area contributed by atoms with Gasteiger partial charge in [0.25, 0.3) is 5.91 Å². The molecule has 0 radical (unpaired) electrons. The van der Waals surface area contributed by atoms with Crippen LogP contribution in [0.5, 0.6) is 0 Å². The van der Waals surface area contributed by atoms with E-state index in [-0.39, 0.29) is 5.91 Å². The molecule has 3 aromatic rings. The summed E-state index contributed by atoms with van der Waals surface area (Å²) in [7, 11) is 0. The predicted octanol–water partition coefficient (Wildman–Crippen LogP) is 2.35. The summed E-state index contributed by atoms with van der Waals surface area (Å²) in [5.74, 6) is -0.981. The SMILES string of the molecule is O=C(c1ccc2occc2c1)N1CCC(C(=O)O)(n2ccnc2)CC1. The Kier molecular flexibility index (Phi) is 3.56. The Balaban J connectivity index is 1.54. The first-order valence-corrected chi connectivity index (χ1v) is 8.08. The fourth-order valence-corrected chi connectivity index (χ4v) is 3.46. The van der Waals surface area contributed by atoms with Gasteiger partial charge in [0.1, 0.15) is 11.1 Å². The van der Waals surface area contributed by atoms with Gasteiger partial charge in [-0.3, -0.25) is 4.79 Å². The van der Waals surface area contributed by atoms with Crippen LogP contribution in [0.2, 0.25) is 0 Å². The summed E-state index contributed by atoms with van der Waals surface area (Å²) < 4.78 is 6.93. The summed E-state index contributed by atoms with van der Waals surface area (Å²) in [4.78, 5) is 30.3. The van der Waals surface area contributed by atoms with Gasteiger partial charge in [-0.25, -0.2) is 9.78 Å². The van der Waals surface area contributed by atoms with Gasteiger partial charge in [0.05, 0.1) is 12.6 Å². The number of carboxylic acids is 1. The van der Waals surface area contributed by atoms with Crippen molar-refractivity contribution in [3.8, 4) is 0 Å². The molecule has 0 bridgehead atoms. The smallest absolute Gasteiger partial charge is 0.330 e. The highest BCUT2D eigenvalue weighted by Crippen LogP contribution is 2.31. The van der Waals surface area contributed by atoms with E-state index in [1.54, 1.807) is 46.3 Å². The fraction of sp³-hybridized carbons (Fsp3) is 0.278. The molecule has 0 unspecified atom stereocenters. The van der Waals surface area contributed by atoms with Crippen LogP contribution >= 0.6 is 0 Å². The van der Waals surface area contributed by atoms with E-state index in [2.05, 4.69) is 4.98 Å². The van der Waals surface area contributed by atoms with Gasteiger partial charge in [-0.05, 0) is 37.1 Å². The molecule has 4 rings (SSSR count). The van der Waals surface area contributed by atoms with E-state index in [4.69, 9.17) is 4.42 Å². The predicted molar refractivity (Wildman–Crippen MR) is 89.2 cm³/mol. The van der Waals surface area contributed by atoms with Gasteiger partial charge in [-0.15, -0.1) is 0 Å². The number of carboxylic acid groups (broad SMARTS) is 1. The molecule has 1 aromatic carbocycles. The Morgan fingerprint density at radius 2 is 2.00 bits per heavy atom. The first-order chi connectivity index (χ1) is 12.1. The second kappa shape index (κ2) is 5.77. The Morgan fingerprint density at radius 1 is 1.20 bits per heavy atom. The lowest BCUT2D eigenvalue weighted by molar-refractivity contribution is -0.150. The number of amides is 1. The van der Waals surface area contributed by atoms with Crippen molar-refractivity contribution in [1.82, 2.24) is 14.5 Å². The molecule has 7 heteroatoms. The maximum atomic E-state index is 12.8. The lowest BCUT2D eigenvalue weighted by Gasteiger charge is -2.39. The number of aromatic nitrogens is 2. The molecule has 3 heterocycles. The molecule has 1 fully saturated rings. The van der Waals surface area contributed by atoms with Crippen molar-refractivity contribution in [3.63, 3.8) is 0 Å². The zero-order valence-corrected chi connectivity index (χ0v) is 13.5. The lowest BCUT2D eigenvalue weighted by atomic mass is 9.87. The van der Waals surface area contributed by atoms with Crippen molar-refractivity contribution >= 4 is 22.8 Å². The summed E-state index contributed by atoms with van der Waals surface area (Å²) >= 11 is 0. The van der Waals surface area contributed by atoms with Gasteiger partial charge in [0.15, 0.2) is 0 Å². The quantitative estimate of drug-likeness (QED) is 0.791. The normalized spacial score (nSPS) is 16.9. The molecule has 0 spiro atoms. The van der Waals surface area contributed by atoms with E-state index in [0.717, 1.165) is 11.0 Å². The summed E-state index contributed by atoms with van der Waals surface area (Å²) in [6.07, 6.45) is 7.04. The number of carbonyl (C=O) groups is 2. The van der Waals surface area contributed by atoms with Crippen LogP contribution < -0.4 is 0 Å². The van der Waals surface area contributed by atoms with Crippen LogP contribution in [0.15, 0.2) is 53.7 Å². The molecule has 1 aliphatic heterocycles. The number of piperidine rings is 1. The van der Waals surface area contributed by atoms with E-state index >= 15 is 0 Å². The number of likely N-dealkylation sites (tertiary alicyclic amines) is 1. The highest BCUT2D eigenvalue weighted by atomic mass is 16.4. The van der Waals surface area contributed by atoms with E-state index in [9.17, 15) is 14.7 Å². The number of furan rings is 1. The van der Waals surface area contributed by atoms with Crippen LogP contribution in [0.25, 0.3) is 11.0 Å². The first kappa shape index (κ1) is 15.4. The highest BCUT2D eigenvalue weighted by Gasteiger charge is 2.44. The summed E-state index contributed by atoms with van der Waals surface area (Å²) in [5.41, 5.74) is 0.279. The van der Waals surface area contributed by atoms with E-state index in [1.165, 1.54) is 6.33 Å². The van der Waals surface area contributed by atoms with E-state index in [1.807, 2.05) is 6.07 Å². The maximum absolute atomic E-state index is 12.8. The first-order valence-electron chi connectivity index (χ1n) is 8.08. The van der Waals surface area contributed by atoms with Crippen LogP contribution in [-0.4, -0.2) is 44.5 Å². The number of imidazole rings is 1. The van der Waals surface area contributed by atoms with Crippen LogP contribution in [0.1, 0.15) is 23.2 Å². The van der Waals surface area contributed by atoms with Crippen molar-refractivity contribution in [2.24, 2.45) is 0 Å². The van der Waals surface area contributed by atoms with E-state index in [0.29, 0.717) is 31.5 Å². The molecule has 128 valence electrons. The monoisotopic (exact) mass is 339 g/mol. The van der Waals surface area contributed by atoms with Crippen molar-refractivity contribution < 1.29 is 19.1 Å². The second-order valence-corrected chi connectivity index (χ2v) is 6.27. The molecule has 25 heavy (non-hydrogen) atoms. The van der Waals surface area contributed by atoms with Crippen LogP contribution in [-0.2, 0) is 10.3 Å². The van der Waals surface area contributed by atoms with Gasteiger partial charge < -0.3 is 19.0 Å². The lowest BCUT2D eigenvalue weighted by Crippen LogP contribution is -2.52. The molecule has 0 aliphatic carbocycles. The number of hydrogen-bond acceptors (Lipinski definition) is 4. The molecule has 0 atom stereocenters. The van der Waals surface area contributed by atoms with Gasteiger partial charge >= 0.3 is 5.97 Å².